The lowest BCUT2D eigenvalue weighted by atomic mass is 9.81. The Labute approximate surface area is 189 Å². The number of rotatable bonds is 5. The number of likely N-dealkylation sites (tertiary alicyclic amines) is 1. The summed E-state index contributed by atoms with van der Waals surface area (Å²) in [6.07, 6.45) is 1.00. The van der Waals surface area contributed by atoms with Gasteiger partial charge in [0.25, 0.3) is 11.8 Å². The first-order valence-electron chi connectivity index (χ1n) is 9.21. The average Bonchev–Trinajstić information content (AvgIpc) is 2.95. The minimum atomic E-state index is -0.884. The molecule has 0 unspecified atom stereocenters. The Bertz CT molecular complexity index is 837. The molecule has 1 aromatic carbocycles. The van der Waals surface area contributed by atoms with Crippen LogP contribution in [0.3, 0.4) is 0 Å². The number of fused-ring (bicyclic) bond motifs is 1. The predicted octanol–water partition coefficient (Wildman–Crippen LogP) is 0.913. The number of imide groups is 1. The maximum absolute atomic E-state index is 12.5. The second kappa shape index (κ2) is 9.69. The maximum Gasteiger partial charge on any atom is 0.326 e. The molecule has 11 heteroatoms. The van der Waals surface area contributed by atoms with Crippen LogP contribution in [0.2, 0.25) is 0 Å². The van der Waals surface area contributed by atoms with Gasteiger partial charge in [0.05, 0.1) is 11.8 Å². The normalized spacial score (nSPS) is 25.5. The van der Waals surface area contributed by atoms with Crippen LogP contribution >= 0.6 is 31.9 Å². The summed E-state index contributed by atoms with van der Waals surface area (Å²) in [5, 5.41) is 0. The van der Waals surface area contributed by atoms with Crippen LogP contribution in [0, 0.1) is 11.8 Å². The predicted molar refractivity (Wildman–Crippen MR) is 111 cm³/mol. The number of esters is 1. The molecule has 3 rings (SSSR count). The molecule has 160 valence electrons. The Balaban J connectivity index is 1.44. The molecule has 9 nitrogen and oxygen atoms in total. The highest BCUT2D eigenvalue weighted by Crippen LogP contribution is 2.43. The molecular formula is C19H19Br2N3O6. The van der Waals surface area contributed by atoms with Crippen molar-refractivity contribution in [1.82, 2.24) is 15.8 Å². The molecule has 4 atom stereocenters. The number of carbonyl (C=O) groups excluding carboxylic acids is 5. The van der Waals surface area contributed by atoms with Crippen LogP contribution in [-0.2, 0) is 23.9 Å². The van der Waals surface area contributed by atoms with Crippen LogP contribution < -0.4 is 10.9 Å². The topological polar surface area (TPSA) is 122 Å². The van der Waals surface area contributed by atoms with Crippen molar-refractivity contribution in [2.45, 2.75) is 22.5 Å². The second-order valence-corrected chi connectivity index (χ2v) is 9.36. The molecule has 1 aromatic rings. The van der Waals surface area contributed by atoms with E-state index >= 15 is 0 Å². The third-order valence-corrected chi connectivity index (χ3v) is 7.74. The van der Waals surface area contributed by atoms with Gasteiger partial charge in [-0.2, -0.15) is 0 Å². The van der Waals surface area contributed by atoms with E-state index in [1.807, 2.05) is 0 Å². The summed E-state index contributed by atoms with van der Waals surface area (Å²) < 4.78 is 4.83. The Hall–Kier alpha value is -2.27. The zero-order chi connectivity index (χ0) is 21.8. The maximum atomic E-state index is 12.5. The molecule has 1 aliphatic carbocycles. The molecular weight excluding hydrogens is 526 g/mol. The number of benzene rings is 1. The van der Waals surface area contributed by atoms with Gasteiger partial charge in [-0.25, -0.2) is 0 Å². The quantitative estimate of drug-likeness (QED) is 0.246. The fourth-order valence-electron chi connectivity index (χ4n) is 3.46. The third-order valence-electron chi connectivity index (χ3n) is 5.01. The Morgan fingerprint density at radius 3 is 2.10 bits per heavy atom. The molecule has 4 amide bonds. The lowest BCUT2D eigenvalue weighted by Gasteiger charge is -2.29. The summed E-state index contributed by atoms with van der Waals surface area (Å²) in [5.74, 6) is -3.88. The van der Waals surface area contributed by atoms with Gasteiger partial charge in [0.1, 0.15) is 6.54 Å². The van der Waals surface area contributed by atoms with Crippen molar-refractivity contribution < 1.29 is 28.7 Å². The highest BCUT2D eigenvalue weighted by molar-refractivity contribution is 9.12. The molecule has 1 aliphatic heterocycles. The molecule has 2 N–H and O–H groups in total. The van der Waals surface area contributed by atoms with Gasteiger partial charge < -0.3 is 4.74 Å². The number of carbonyl (C=O) groups is 5. The first-order valence-corrected chi connectivity index (χ1v) is 11.0. The number of hydrazine groups is 1. The van der Waals surface area contributed by atoms with Crippen molar-refractivity contribution in [2.75, 3.05) is 13.2 Å². The number of hydrogen-bond acceptors (Lipinski definition) is 6. The minimum absolute atomic E-state index is 0.0668. The van der Waals surface area contributed by atoms with E-state index in [2.05, 4.69) is 42.7 Å². The molecule has 30 heavy (non-hydrogen) atoms. The molecule has 1 heterocycles. The van der Waals surface area contributed by atoms with Crippen molar-refractivity contribution in [3.05, 3.63) is 35.9 Å². The number of nitrogens with one attached hydrogen (secondary N) is 2. The van der Waals surface area contributed by atoms with Crippen LogP contribution in [0.25, 0.3) is 0 Å². The lowest BCUT2D eigenvalue weighted by molar-refractivity contribution is -0.155. The van der Waals surface area contributed by atoms with Crippen LogP contribution in [0.4, 0.5) is 0 Å². The van der Waals surface area contributed by atoms with Crippen LogP contribution in [0.1, 0.15) is 23.2 Å². The molecule has 0 bridgehead atoms. The van der Waals surface area contributed by atoms with E-state index in [0.717, 1.165) is 4.90 Å². The fraction of sp³-hybridized carbons (Fsp3) is 0.421. The van der Waals surface area contributed by atoms with Crippen molar-refractivity contribution in [1.29, 1.82) is 0 Å². The zero-order valence-corrected chi connectivity index (χ0v) is 18.8. The molecule has 2 aliphatic rings. The van der Waals surface area contributed by atoms with Crippen LogP contribution in [0.5, 0.6) is 0 Å². The lowest BCUT2D eigenvalue weighted by Crippen LogP contribution is -2.44. The molecule has 0 spiro atoms. The van der Waals surface area contributed by atoms with E-state index in [-0.39, 0.29) is 9.65 Å². The Morgan fingerprint density at radius 2 is 1.53 bits per heavy atom. The summed E-state index contributed by atoms with van der Waals surface area (Å²) in [7, 11) is 0. The van der Waals surface area contributed by atoms with E-state index < -0.39 is 54.6 Å². The monoisotopic (exact) mass is 543 g/mol. The zero-order valence-electron chi connectivity index (χ0n) is 15.7. The van der Waals surface area contributed by atoms with E-state index in [1.165, 1.54) is 0 Å². The van der Waals surface area contributed by atoms with Crippen LogP contribution in [0.15, 0.2) is 30.3 Å². The number of nitrogens with zero attached hydrogens (tertiary/aromatic N) is 1. The molecule has 0 aromatic heterocycles. The Morgan fingerprint density at radius 1 is 0.967 bits per heavy atom. The number of ether oxygens (including phenoxy) is 1. The number of halogens is 2. The largest absolute Gasteiger partial charge is 0.454 e. The van der Waals surface area contributed by atoms with Gasteiger partial charge in [-0.1, -0.05) is 50.1 Å². The first kappa shape index (κ1) is 22.4. The molecule has 1 saturated carbocycles. The van der Waals surface area contributed by atoms with Crippen molar-refractivity contribution in [3.8, 4) is 0 Å². The van der Waals surface area contributed by atoms with E-state index in [1.54, 1.807) is 30.3 Å². The van der Waals surface area contributed by atoms with Gasteiger partial charge >= 0.3 is 5.97 Å². The smallest absolute Gasteiger partial charge is 0.326 e. The van der Waals surface area contributed by atoms with Crippen LogP contribution in [-0.4, -0.2) is 57.3 Å². The minimum Gasteiger partial charge on any atom is -0.454 e. The SMILES string of the molecule is O=C(COC(=O)CN1C(=O)[C@@H]2C[C@@H](Br)[C@@H](Br)C[C@H]2C1=O)NNC(=O)c1ccccc1. The van der Waals surface area contributed by atoms with Gasteiger partial charge in [0.2, 0.25) is 11.8 Å². The first-order chi connectivity index (χ1) is 14.3. The average molecular weight is 545 g/mol. The molecule has 2 fully saturated rings. The van der Waals surface area contributed by atoms with E-state index in [4.69, 9.17) is 4.74 Å². The van der Waals surface area contributed by atoms with Gasteiger partial charge in [0.15, 0.2) is 6.61 Å². The van der Waals surface area contributed by atoms with Gasteiger partial charge in [-0.15, -0.1) is 0 Å². The van der Waals surface area contributed by atoms with Crippen molar-refractivity contribution in [3.63, 3.8) is 0 Å². The number of alkyl halides is 2. The highest BCUT2D eigenvalue weighted by Gasteiger charge is 2.52. The third kappa shape index (κ3) is 5.07. The summed E-state index contributed by atoms with van der Waals surface area (Å²) in [4.78, 5) is 61.7. The summed E-state index contributed by atoms with van der Waals surface area (Å²) in [6.45, 7) is -1.21. The molecule has 1 saturated heterocycles. The van der Waals surface area contributed by atoms with Gasteiger partial charge in [-0.3, -0.25) is 39.7 Å². The number of amides is 4. The second-order valence-electron chi connectivity index (χ2n) is 7.01. The highest BCUT2D eigenvalue weighted by atomic mass is 79.9. The van der Waals surface area contributed by atoms with Crippen molar-refractivity contribution in [2.24, 2.45) is 11.8 Å². The summed E-state index contributed by atoms with van der Waals surface area (Å²) in [6, 6.07) is 8.23. The Kier molecular flexibility index (Phi) is 7.24. The van der Waals surface area contributed by atoms with Crippen molar-refractivity contribution >= 4 is 61.5 Å². The summed E-state index contributed by atoms with van der Waals surface area (Å²) in [5.41, 5.74) is 4.66. The summed E-state index contributed by atoms with van der Waals surface area (Å²) >= 11 is 6.99. The van der Waals surface area contributed by atoms with Gasteiger partial charge in [-0.05, 0) is 25.0 Å². The van der Waals surface area contributed by atoms with E-state index in [0.29, 0.717) is 18.4 Å². The van der Waals surface area contributed by atoms with E-state index in [9.17, 15) is 24.0 Å². The standard InChI is InChI=1S/C19H19Br2N3O6/c20-13-6-11-12(7-14(13)21)19(29)24(18(11)28)8-16(26)30-9-15(25)22-23-17(27)10-4-2-1-3-5-10/h1-5,11-14H,6-9H2,(H,22,25)(H,23,27)/t11-,12-,13-,14+/m1/s1. The number of hydrogen-bond donors (Lipinski definition) is 2. The fourth-order valence-corrected chi connectivity index (χ4v) is 4.70. The van der Waals surface area contributed by atoms with Gasteiger partial charge in [0, 0.05) is 15.2 Å². The molecule has 0 radical (unpaired) electrons.